The van der Waals surface area contributed by atoms with E-state index in [9.17, 15) is 22.8 Å². The molecule has 1 amide bonds. The molecule has 0 radical (unpaired) electrons. The fourth-order valence-corrected chi connectivity index (χ4v) is 1.70. The van der Waals surface area contributed by atoms with Gasteiger partial charge in [-0.1, -0.05) is 0 Å². The number of amides is 1. The maximum absolute atomic E-state index is 12.1. The predicted octanol–water partition coefficient (Wildman–Crippen LogP) is 1.08. The van der Waals surface area contributed by atoms with Crippen LogP contribution in [0, 0.1) is 0 Å². The number of carbonyl (C=O) groups excluding carboxylic acids is 1. The lowest BCUT2D eigenvalue weighted by molar-refractivity contribution is -0.162. The van der Waals surface area contributed by atoms with Crippen LogP contribution in [0.25, 0.3) is 0 Å². The van der Waals surface area contributed by atoms with Crippen LogP contribution in [-0.4, -0.2) is 41.4 Å². The molecule has 1 aliphatic rings. The van der Waals surface area contributed by atoms with Crippen LogP contribution in [0.2, 0.25) is 0 Å². The first kappa shape index (κ1) is 14.7. The first-order valence-corrected chi connectivity index (χ1v) is 5.38. The third kappa shape index (κ3) is 3.86. The van der Waals surface area contributed by atoms with Gasteiger partial charge in [0.05, 0.1) is 6.42 Å². The van der Waals surface area contributed by atoms with Gasteiger partial charge in [-0.25, -0.2) is 4.79 Å². The molecule has 0 bridgehead atoms. The molecule has 18 heavy (non-hydrogen) atoms. The fourth-order valence-electron chi connectivity index (χ4n) is 1.70. The molecule has 2 unspecified atom stereocenters. The summed E-state index contributed by atoms with van der Waals surface area (Å²) >= 11 is 0. The summed E-state index contributed by atoms with van der Waals surface area (Å²) in [6, 6.07) is -1.99. The van der Waals surface area contributed by atoms with Gasteiger partial charge in [-0.3, -0.25) is 4.79 Å². The van der Waals surface area contributed by atoms with Gasteiger partial charge in [-0.05, 0) is 19.8 Å². The summed E-state index contributed by atoms with van der Waals surface area (Å²) in [4.78, 5) is 22.4. The lowest BCUT2D eigenvalue weighted by atomic mass is 10.0. The number of aliphatic carboxylic acids is 1. The number of nitrogens with one attached hydrogen (secondary N) is 1. The van der Waals surface area contributed by atoms with E-state index < -0.39 is 36.1 Å². The topological polar surface area (TPSA) is 75.6 Å². The Kier molecular flexibility index (Phi) is 4.20. The SMILES string of the molecule is CC1(C(=O)NC(CC(F)(F)F)C(=O)O)CCCO1. The maximum atomic E-state index is 12.1. The largest absolute Gasteiger partial charge is 0.480 e. The fraction of sp³-hybridized carbons (Fsp3) is 0.800. The van der Waals surface area contributed by atoms with Crippen LogP contribution in [-0.2, 0) is 14.3 Å². The number of alkyl halides is 3. The van der Waals surface area contributed by atoms with E-state index in [1.165, 1.54) is 6.92 Å². The van der Waals surface area contributed by atoms with Crippen molar-refractivity contribution in [2.75, 3.05) is 6.61 Å². The van der Waals surface area contributed by atoms with E-state index in [0.29, 0.717) is 19.4 Å². The standard InChI is InChI=1S/C10H14F3NO4/c1-9(3-2-4-18-9)8(17)14-6(7(15)16)5-10(11,12)13/h6H,2-5H2,1H3,(H,14,17)(H,15,16). The number of carboxylic acid groups (broad SMARTS) is 1. The second kappa shape index (κ2) is 5.13. The lowest BCUT2D eigenvalue weighted by Crippen LogP contribution is -2.51. The number of carboxylic acids is 1. The van der Waals surface area contributed by atoms with E-state index in [1.54, 1.807) is 0 Å². The van der Waals surface area contributed by atoms with Crippen LogP contribution in [0.1, 0.15) is 26.2 Å². The van der Waals surface area contributed by atoms with Crippen LogP contribution < -0.4 is 5.32 Å². The van der Waals surface area contributed by atoms with Crippen molar-refractivity contribution in [1.82, 2.24) is 5.32 Å². The van der Waals surface area contributed by atoms with Crippen LogP contribution in [0.15, 0.2) is 0 Å². The van der Waals surface area contributed by atoms with Gasteiger partial charge < -0.3 is 15.2 Å². The van der Waals surface area contributed by atoms with Crippen LogP contribution in [0.3, 0.4) is 0 Å². The summed E-state index contributed by atoms with van der Waals surface area (Å²) in [6.07, 6.45) is -5.30. The summed E-state index contributed by atoms with van der Waals surface area (Å²) in [7, 11) is 0. The zero-order valence-corrected chi connectivity index (χ0v) is 9.71. The van der Waals surface area contributed by atoms with E-state index in [4.69, 9.17) is 9.84 Å². The molecule has 2 atom stereocenters. The van der Waals surface area contributed by atoms with Crippen molar-refractivity contribution in [3.8, 4) is 0 Å². The Morgan fingerprint density at radius 3 is 2.50 bits per heavy atom. The second-order valence-electron chi connectivity index (χ2n) is 4.37. The van der Waals surface area contributed by atoms with Gasteiger partial charge in [0.2, 0.25) is 0 Å². The maximum Gasteiger partial charge on any atom is 0.391 e. The summed E-state index contributed by atoms with van der Waals surface area (Å²) in [5.41, 5.74) is -1.24. The molecule has 1 heterocycles. The highest BCUT2D eigenvalue weighted by molar-refractivity contribution is 5.89. The normalized spacial score (nSPS) is 25.8. The van der Waals surface area contributed by atoms with Crippen LogP contribution in [0.4, 0.5) is 13.2 Å². The summed E-state index contributed by atoms with van der Waals surface area (Å²) in [5, 5.41) is 10.5. The molecule has 0 aromatic carbocycles. The molecule has 1 fully saturated rings. The minimum Gasteiger partial charge on any atom is -0.480 e. The molecular formula is C10H14F3NO4. The van der Waals surface area contributed by atoms with Gasteiger partial charge in [0.25, 0.3) is 5.91 Å². The van der Waals surface area contributed by atoms with Crippen molar-refractivity contribution in [2.45, 2.75) is 44.0 Å². The molecule has 0 aromatic rings. The van der Waals surface area contributed by atoms with E-state index in [2.05, 4.69) is 0 Å². The van der Waals surface area contributed by atoms with Gasteiger partial charge in [0.15, 0.2) is 0 Å². The van der Waals surface area contributed by atoms with Crippen molar-refractivity contribution in [2.24, 2.45) is 0 Å². The highest BCUT2D eigenvalue weighted by Crippen LogP contribution is 2.26. The molecule has 104 valence electrons. The van der Waals surface area contributed by atoms with Crippen LogP contribution >= 0.6 is 0 Å². The average Bonchev–Trinajstić information content (AvgIpc) is 2.63. The summed E-state index contributed by atoms with van der Waals surface area (Å²) in [5.74, 6) is -2.54. The molecule has 8 heteroatoms. The Morgan fingerprint density at radius 1 is 1.50 bits per heavy atom. The van der Waals surface area contributed by atoms with Gasteiger partial charge in [-0.15, -0.1) is 0 Å². The van der Waals surface area contributed by atoms with Crippen LogP contribution in [0.5, 0.6) is 0 Å². The Balaban J connectivity index is 2.66. The minimum atomic E-state index is -4.66. The van der Waals surface area contributed by atoms with Crippen molar-refractivity contribution in [1.29, 1.82) is 0 Å². The molecule has 0 aromatic heterocycles. The third-order valence-electron chi connectivity index (χ3n) is 2.74. The van der Waals surface area contributed by atoms with E-state index in [-0.39, 0.29) is 0 Å². The Hall–Kier alpha value is -1.31. The number of hydrogen-bond acceptors (Lipinski definition) is 3. The number of carbonyl (C=O) groups is 2. The van der Waals surface area contributed by atoms with Gasteiger partial charge in [-0.2, -0.15) is 13.2 Å². The number of rotatable bonds is 4. The summed E-state index contributed by atoms with van der Waals surface area (Å²) < 4.78 is 41.6. The average molecular weight is 269 g/mol. The Labute approximate surface area is 101 Å². The smallest absolute Gasteiger partial charge is 0.391 e. The van der Waals surface area contributed by atoms with E-state index in [0.717, 1.165) is 0 Å². The number of ether oxygens (including phenoxy) is 1. The quantitative estimate of drug-likeness (QED) is 0.800. The first-order chi connectivity index (χ1) is 8.14. The third-order valence-corrected chi connectivity index (χ3v) is 2.74. The molecule has 0 saturated carbocycles. The predicted molar refractivity (Wildman–Crippen MR) is 53.8 cm³/mol. The Morgan fingerprint density at radius 2 is 2.11 bits per heavy atom. The molecule has 0 aliphatic carbocycles. The Bertz CT molecular complexity index is 337. The molecule has 1 aliphatic heterocycles. The van der Waals surface area contributed by atoms with E-state index >= 15 is 0 Å². The van der Waals surface area contributed by atoms with E-state index in [1.807, 2.05) is 5.32 Å². The van der Waals surface area contributed by atoms with Crippen molar-refractivity contribution in [3.63, 3.8) is 0 Å². The molecular weight excluding hydrogens is 255 g/mol. The van der Waals surface area contributed by atoms with Crippen molar-refractivity contribution >= 4 is 11.9 Å². The molecule has 1 rings (SSSR count). The van der Waals surface area contributed by atoms with Crippen molar-refractivity contribution in [3.05, 3.63) is 0 Å². The number of halogens is 3. The highest BCUT2D eigenvalue weighted by atomic mass is 19.4. The van der Waals surface area contributed by atoms with Gasteiger partial charge in [0, 0.05) is 6.61 Å². The monoisotopic (exact) mass is 269 g/mol. The van der Waals surface area contributed by atoms with Crippen molar-refractivity contribution < 1.29 is 32.6 Å². The minimum absolute atomic E-state index is 0.334. The summed E-state index contributed by atoms with van der Waals surface area (Å²) in [6.45, 7) is 1.77. The first-order valence-electron chi connectivity index (χ1n) is 5.38. The number of hydrogen-bond donors (Lipinski definition) is 2. The highest BCUT2D eigenvalue weighted by Gasteiger charge is 2.42. The molecule has 0 spiro atoms. The molecule has 1 saturated heterocycles. The zero-order chi connectivity index (χ0) is 14.0. The second-order valence-corrected chi connectivity index (χ2v) is 4.37. The molecule has 5 nitrogen and oxygen atoms in total. The molecule has 2 N–H and O–H groups in total. The zero-order valence-electron chi connectivity index (χ0n) is 9.71. The van der Waals surface area contributed by atoms with Gasteiger partial charge in [0.1, 0.15) is 11.6 Å². The van der Waals surface area contributed by atoms with Gasteiger partial charge >= 0.3 is 12.1 Å². The lowest BCUT2D eigenvalue weighted by Gasteiger charge is -2.25.